The summed E-state index contributed by atoms with van der Waals surface area (Å²) in [4.78, 5) is 10.6. The molecule has 1 fully saturated rings. The molecule has 0 saturated heterocycles. The fourth-order valence-corrected chi connectivity index (χ4v) is 1.32. The van der Waals surface area contributed by atoms with Gasteiger partial charge in [0.2, 0.25) is 5.91 Å². The summed E-state index contributed by atoms with van der Waals surface area (Å²) < 4.78 is 0. The zero-order valence-corrected chi connectivity index (χ0v) is 9.55. The molecule has 0 bridgehead atoms. The van der Waals surface area contributed by atoms with Crippen LogP contribution in [0.25, 0.3) is 0 Å². The molecule has 1 aliphatic rings. The van der Waals surface area contributed by atoms with Crippen molar-refractivity contribution in [3.63, 3.8) is 0 Å². The van der Waals surface area contributed by atoms with E-state index in [2.05, 4.69) is 0 Å². The molecule has 0 radical (unpaired) electrons. The van der Waals surface area contributed by atoms with Crippen LogP contribution >= 0.6 is 23.2 Å². The number of amides is 1. The van der Waals surface area contributed by atoms with E-state index in [1.807, 2.05) is 0 Å². The summed E-state index contributed by atoms with van der Waals surface area (Å²) in [6.07, 6.45) is 2.53. The summed E-state index contributed by atoms with van der Waals surface area (Å²) in [6.45, 7) is 0. The van der Waals surface area contributed by atoms with Gasteiger partial charge in [-0.2, -0.15) is 0 Å². The van der Waals surface area contributed by atoms with E-state index < -0.39 is 5.91 Å². The highest BCUT2D eigenvalue weighted by molar-refractivity contribution is 6.35. The third kappa shape index (κ3) is 5.02. The summed E-state index contributed by atoms with van der Waals surface area (Å²) in [6, 6.07) is 5.06. The Bertz CT molecular complexity index is 344. The van der Waals surface area contributed by atoms with Crippen molar-refractivity contribution in [3.8, 4) is 0 Å². The molecule has 2 rings (SSSR count). The maximum atomic E-state index is 10.6. The van der Waals surface area contributed by atoms with E-state index in [0.717, 1.165) is 0 Å². The van der Waals surface area contributed by atoms with Crippen LogP contribution in [0.3, 0.4) is 0 Å². The fourth-order valence-electron chi connectivity index (χ4n) is 0.792. The Balaban J connectivity index is 0.000000234. The number of benzene rings is 1. The first-order valence-corrected chi connectivity index (χ1v) is 5.26. The van der Waals surface area contributed by atoms with Crippen LogP contribution in [0.15, 0.2) is 18.2 Å². The van der Waals surface area contributed by atoms with Crippen LogP contribution in [0.2, 0.25) is 10.0 Å². The van der Waals surface area contributed by atoms with E-state index in [9.17, 15) is 4.79 Å². The van der Waals surface area contributed by atoms with Crippen LogP contribution in [0, 0.1) is 0 Å². The van der Waals surface area contributed by atoms with Gasteiger partial charge in [0.1, 0.15) is 0 Å². The fraction of sp³-hybridized carbons (Fsp3) is 0.300. The molecule has 1 aliphatic carbocycles. The maximum absolute atomic E-state index is 10.6. The molecule has 0 aromatic heterocycles. The normalized spacial score (nSPS) is 14.1. The molecule has 1 saturated carbocycles. The second-order valence-corrected chi connectivity index (χ2v) is 4.23. The number of primary amides is 1. The van der Waals surface area contributed by atoms with Crippen molar-refractivity contribution in [1.82, 2.24) is 0 Å². The summed E-state index contributed by atoms with van der Waals surface area (Å²) in [5.74, 6) is -0.533. The Morgan fingerprint density at radius 1 is 1.20 bits per heavy atom. The monoisotopic (exact) mass is 246 g/mol. The number of rotatable bonds is 1. The van der Waals surface area contributed by atoms with Crippen molar-refractivity contribution in [3.05, 3.63) is 33.8 Å². The molecule has 82 valence electrons. The lowest BCUT2D eigenvalue weighted by Gasteiger charge is -1.96. The van der Waals surface area contributed by atoms with Crippen molar-refractivity contribution >= 4 is 29.1 Å². The predicted molar refractivity (Wildman–Crippen MR) is 62.2 cm³/mol. The number of nitrogens with two attached hydrogens (primary N) is 2. The lowest BCUT2D eigenvalue weighted by atomic mass is 10.2. The molecular formula is C10H12Cl2N2O. The highest BCUT2D eigenvalue weighted by Crippen LogP contribution is 2.18. The first-order chi connectivity index (χ1) is 6.99. The minimum Gasteiger partial charge on any atom is -0.366 e. The van der Waals surface area contributed by atoms with Crippen molar-refractivity contribution in [2.45, 2.75) is 18.9 Å². The van der Waals surface area contributed by atoms with E-state index >= 15 is 0 Å². The van der Waals surface area contributed by atoms with Gasteiger partial charge in [0.15, 0.2) is 0 Å². The number of halogens is 2. The van der Waals surface area contributed by atoms with Crippen molar-refractivity contribution in [2.24, 2.45) is 11.5 Å². The molecule has 1 amide bonds. The van der Waals surface area contributed by atoms with Gasteiger partial charge in [0, 0.05) is 21.7 Å². The average molecular weight is 247 g/mol. The molecule has 5 heteroatoms. The lowest BCUT2D eigenvalue weighted by Crippen LogP contribution is -2.10. The van der Waals surface area contributed by atoms with Gasteiger partial charge in [0.05, 0.1) is 0 Å². The quantitative estimate of drug-likeness (QED) is 0.798. The zero-order valence-electron chi connectivity index (χ0n) is 8.04. The summed E-state index contributed by atoms with van der Waals surface area (Å²) in [5.41, 5.74) is 10.5. The Hall–Kier alpha value is -0.770. The van der Waals surface area contributed by atoms with Crippen LogP contribution in [-0.4, -0.2) is 11.9 Å². The van der Waals surface area contributed by atoms with Gasteiger partial charge in [0.25, 0.3) is 0 Å². The molecule has 0 heterocycles. The first-order valence-electron chi connectivity index (χ1n) is 4.50. The highest BCUT2D eigenvalue weighted by atomic mass is 35.5. The van der Waals surface area contributed by atoms with Gasteiger partial charge in [-0.15, -0.1) is 0 Å². The SMILES string of the molecule is NC(=O)c1cc(Cl)cc(Cl)c1.NC1CC1. The van der Waals surface area contributed by atoms with Gasteiger partial charge < -0.3 is 11.5 Å². The Morgan fingerprint density at radius 3 is 1.87 bits per heavy atom. The third-order valence-electron chi connectivity index (χ3n) is 1.77. The molecule has 3 nitrogen and oxygen atoms in total. The molecule has 4 N–H and O–H groups in total. The molecular weight excluding hydrogens is 235 g/mol. The molecule has 0 spiro atoms. The standard InChI is InChI=1S/C7H5Cl2NO.C3H7N/c8-5-1-4(7(10)11)2-6(9)3-5;4-3-1-2-3/h1-3H,(H2,10,11);3H,1-2,4H2. The van der Waals surface area contributed by atoms with Crippen molar-refractivity contribution < 1.29 is 4.79 Å². The van der Waals surface area contributed by atoms with E-state index in [0.29, 0.717) is 21.7 Å². The minimum atomic E-state index is -0.533. The van der Waals surface area contributed by atoms with Crippen molar-refractivity contribution in [1.29, 1.82) is 0 Å². The van der Waals surface area contributed by atoms with Crippen LogP contribution < -0.4 is 11.5 Å². The smallest absolute Gasteiger partial charge is 0.248 e. The van der Waals surface area contributed by atoms with Gasteiger partial charge in [-0.25, -0.2) is 0 Å². The van der Waals surface area contributed by atoms with Gasteiger partial charge in [-0.1, -0.05) is 23.2 Å². The van der Waals surface area contributed by atoms with Crippen LogP contribution in [0.1, 0.15) is 23.2 Å². The van der Waals surface area contributed by atoms with Gasteiger partial charge in [-0.3, -0.25) is 4.79 Å². The van der Waals surface area contributed by atoms with Crippen LogP contribution in [0.5, 0.6) is 0 Å². The zero-order chi connectivity index (χ0) is 11.4. The Labute approximate surface area is 98.3 Å². The Kier molecular flexibility index (Phi) is 4.39. The minimum absolute atomic E-state index is 0.322. The largest absolute Gasteiger partial charge is 0.366 e. The number of hydrogen-bond donors (Lipinski definition) is 2. The Morgan fingerprint density at radius 2 is 1.60 bits per heavy atom. The molecule has 15 heavy (non-hydrogen) atoms. The molecule has 0 unspecified atom stereocenters. The number of hydrogen-bond acceptors (Lipinski definition) is 2. The summed E-state index contributed by atoms with van der Waals surface area (Å²) in [5, 5.41) is 0.817. The average Bonchev–Trinajstić information content (AvgIpc) is 2.87. The first kappa shape index (κ1) is 12.3. The lowest BCUT2D eigenvalue weighted by molar-refractivity contribution is 0.100. The summed E-state index contributed by atoms with van der Waals surface area (Å²) >= 11 is 11.2. The highest BCUT2D eigenvalue weighted by Gasteiger charge is 2.13. The van der Waals surface area contributed by atoms with Crippen LogP contribution in [-0.2, 0) is 0 Å². The van der Waals surface area contributed by atoms with E-state index in [-0.39, 0.29) is 0 Å². The molecule has 0 aliphatic heterocycles. The van der Waals surface area contributed by atoms with E-state index in [4.69, 9.17) is 34.7 Å². The maximum Gasteiger partial charge on any atom is 0.248 e. The second kappa shape index (κ2) is 5.35. The van der Waals surface area contributed by atoms with Crippen LogP contribution in [0.4, 0.5) is 0 Å². The molecule has 0 atom stereocenters. The van der Waals surface area contributed by atoms with E-state index in [1.54, 1.807) is 0 Å². The molecule has 1 aromatic rings. The second-order valence-electron chi connectivity index (χ2n) is 3.36. The van der Waals surface area contributed by atoms with Gasteiger partial charge >= 0.3 is 0 Å². The predicted octanol–water partition coefficient (Wildman–Crippen LogP) is 2.20. The number of carbonyl (C=O) groups is 1. The topological polar surface area (TPSA) is 69.1 Å². The van der Waals surface area contributed by atoms with E-state index in [1.165, 1.54) is 31.0 Å². The summed E-state index contributed by atoms with van der Waals surface area (Å²) in [7, 11) is 0. The van der Waals surface area contributed by atoms with Crippen molar-refractivity contribution in [2.75, 3.05) is 0 Å². The number of carbonyl (C=O) groups excluding carboxylic acids is 1. The molecule has 1 aromatic carbocycles. The van der Waals surface area contributed by atoms with Gasteiger partial charge in [-0.05, 0) is 31.0 Å². The third-order valence-corrected chi connectivity index (χ3v) is 2.21.